The van der Waals surface area contributed by atoms with Crippen molar-refractivity contribution in [3.8, 4) is 0 Å². The normalized spacial score (nSPS) is 22.6. The molecule has 1 nitrogen and oxygen atoms in total. The van der Waals surface area contributed by atoms with Crippen molar-refractivity contribution < 1.29 is 0 Å². The molecule has 0 amide bonds. The zero-order chi connectivity index (χ0) is 15.2. The lowest BCUT2D eigenvalue weighted by molar-refractivity contribution is 0.244. The summed E-state index contributed by atoms with van der Waals surface area (Å²) in [5, 5.41) is 3.89. The molecule has 1 rings (SSSR count). The summed E-state index contributed by atoms with van der Waals surface area (Å²) in [4.78, 5) is 0. The van der Waals surface area contributed by atoms with Crippen LogP contribution in [0.1, 0.15) is 110 Å². The van der Waals surface area contributed by atoms with E-state index in [1.807, 2.05) is 0 Å². The third-order valence-electron chi connectivity index (χ3n) is 5.27. The molecule has 0 aromatic rings. The van der Waals surface area contributed by atoms with Crippen LogP contribution in [0.15, 0.2) is 0 Å². The van der Waals surface area contributed by atoms with Crippen molar-refractivity contribution in [2.45, 2.75) is 116 Å². The predicted octanol–water partition coefficient (Wildman–Crippen LogP) is 6.47. The van der Waals surface area contributed by atoms with Gasteiger partial charge in [0.15, 0.2) is 0 Å². The molecule has 1 N–H and O–H groups in total. The summed E-state index contributed by atoms with van der Waals surface area (Å²) >= 11 is 0. The van der Waals surface area contributed by atoms with Crippen LogP contribution in [0.3, 0.4) is 0 Å². The molecule has 21 heavy (non-hydrogen) atoms. The van der Waals surface area contributed by atoms with Gasteiger partial charge < -0.3 is 5.32 Å². The fourth-order valence-corrected chi connectivity index (χ4v) is 3.83. The van der Waals surface area contributed by atoms with Gasteiger partial charge in [-0.15, -0.1) is 0 Å². The molecule has 0 heterocycles. The van der Waals surface area contributed by atoms with E-state index in [2.05, 4.69) is 19.2 Å². The van der Waals surface area contributed by atoms with Crippen molar-refractivity contribution >= 4 is 0 Å². The molecule has 2 atom stereocenters. The molecule has 1 saturated carbocycles. The van der Waals surface area contributed by atoms with Gasteiger partial charge in [0.05, 0.1) is 0 Å². The molecule has 0 spiro atoms. The summed E-state index contributed by atoms with van der Waals surface area (Å²) in [6.07, 6.45) is 21.6. The number of hydrogen-bond acceptors (Lipinski definition) is 1. The molecule has 0 saturated heterocycles. The Bertz CT molecular complexity index is 214. The van der Waals surface area contributed by atoms with Crippen LogP contribution in [0.4, 0.5) is 0 Å². The zero-order valence-electron chi connectivity index (χ0n) is 15.0. The van der Waals surface area contributed by atoms with Gasteiger partial charge in [-0.1, -0.05) is 84.5 Å². The van der Waals surface area contributed by atoms with Gasteiger partial charge in [0, 0.05) is 6.04 Å². The van der Waals surface area contributed by atoms with E-state index in [1.165, 1.54) is 103 Å². The van der Waals surface area contributed by atoms with E-state index in [0.717, 1.165) is 12.0 Å². The third-order valence-corrected chi connectivity index (χ3v) is 5.27. The van der Waals surface area contributed by atoms with E-state index >= 15 is 0 Å². The van der Waals surface area contributed by atoms with Crippen LogP contribution in [0.25, 0.3) is 0 Å². The lowest BCUT2D eigenvalue weighted by Crippen LogP contribution is -2.39. The second-order valence-corrected chi connectivity index (χ2v) is 7.22. The van der Waals surface area contributed by atoms with Gasteiger partial charge in [-0.2, -0.15) is 0 Å². The standard InChI is InChI=1S/C20H41N/c1-3-5-7-8-9-10-11-14-18-21-20-17-13-12-16-19(20)15-6-4-2/h19-21H,3-18H2,1-2H3. The van der Waals surface area contributed by atoms with E-state index in [0.29, 0.717) is 0 Å². The van der Waals surface area contributed by atoms with Gasteiger partial charge in [-0.25, -0.2) is 0 Å². The van der Waals surface area contributed by atoms with Gasteiger partial charge in [-0.05, 0) is 38.1 Å². The molecule has 1 aliphatic carbocycles. The van der Waals surface area contributed by atoms with E-state index < -0.39 is 0 Å². The van der Waals surface area contributed by atoms with E-state index in [9.17, 15) is 0 Å². The van der Waals surface area contributed by atoms with Crippen molar-refractivity contribution in [3.63, 3.8) is 0 Å². The summed E-state index contributed by atoms with van der Waals surface area (Å²) in [6, 6.07) is 0.842. The highest BCUT2D eigenvalue weighted by atomic mass is 14.9. The topological polar surface area (TPSA) is 12.0 Å². The summed E-state index contributed by atoms with van der Waals surface area (Å²) in [5.41, 5.74) is 0. The van der Waals surface area contributed by atoms with Crippen molar-refractivity contribution in [2.24, 2.45) is 5.92 Å². The Morgan fingerprint density at radius 1 is 0.714 bits per heavy atom. The Hall–Kier alpha value is -0.0400. The fourth-order valence-electron chi connectivity index (χ4n) is 3.83. The molecular weight excluding hydrogens is 254 g/mol. The molecule has 2 unspecified atom stereocenters. The van der Waals surface area contributed by atoms with Crippen LogP contribution in [-0.4, -0.2) is 12.6 Å². The number of nitrogens with one attached hydrogen (secondary N) is 1. The largest absolute Gasteiger partial charge is 0.314 e. The quantitative estimate of drug-likeness (QED) is 0.384. The molecule has 1 heteroatoms. The van der Waals surface area contributed by atoms with Gasteiger partial charge in [-0.3, -0.25) is 0 Å². The van der Waals surface area contributed by atoms with E-state index in [-0.39, 0.29) is 0 Å². The van der Waals surface area contributed by atoms with Gasteiger partial charge in [0.1, 0.15) is 0 Å². The molecule has 0 bridgehead atoms. The maximum Gasteiger partial charge on any atom is 0.00953 e. The first-order chi connectivity index (χ1) is 10.4. The molecule has 0 radical (unpaired) electrons. The van der Waals surface area contributed by atoms with Crippen LogP contribution < -0.4 is 5.32 Å². The van der Waals surface area contributed by atoms with Crippen LogP contribution in [0, 0.1) is 5.92 Å². The molecule has 0 aromatic carbocycles. The van der Waals surface area contributed by atoms with Crippen molar-refractivity contribution in [3.05, 3.63) is 0 Å². The van der Waals surface area contributed by atoms with Crippen molar-refractivity contribution in [1.82, 2.24) is 5.32 Å². The maximum absolute atomic E-state index is 3.89. The van der Waals surface area contributed by atoms with Crippen LogP contribution >= 0.6 is 0 Å². The number of hydrogen-bond donors (Lipinski definition) is 1. The smallest absolute Gasteiger partial charge is 0.00953 e. The highest BCUT2D eigenvalue weighted by Gasteiger charge is 2.23. The molecule has 0 aliphatic heterocycles. The third kappa shape index (κ3) is 9.55. The van der Waals surface area contributed by atoms with Crippen molar-refractivity contribution in [1.29, 1.82) is 0 Å². The number of unbranched alkanes of at least 4 members (excludes halogenated alkanes) is 8. The van der Waals surface area contributed by atoms with E-state index in [1.54, 1.807) is 0 Å². The van der Waals surface area contributed by atoms with Crippen molar-refractivity contribution in [2.75, 3.05) is 6.54 Å². The monoisotopic (exact) mass is 295 g/mol. The van der Waals surface area contributed by atoms with Gasteiger partial charge in [0.2, 0.25) is 0 Å². The van der Waals surface area contributed by atoms with Crippen LogP contribution in [0.2, 0.25) is 0 Å². The predicted molar refractivity (Wildman–Crippen MR) is 95.9 cm³/mol. The minimum atomic E-state index is 0.842. The molecule has 1 fully saturated rings. The summed E-state index contributed by atoms with van der Waals surface area (Å²) in [6.45, 7) is 5.89. The minimum Gasteiger partial charge on any atom is -0.314 e. The molecular formula is C20H41N. The Balaban J connectivity index is 1.97. The summed E-state index contributed by atoms with van der Waals surface area (Å²) < 4.78 is 0. The Morgan fingerprint density at radius 3 is 2.05 bits per heavy atom. The summed E-state index contributed by atoms with van der Waals surface area (Å²) in [7, 11) is 0. The first-order valence-electron chi connectivity index (χ1n) is 10.1. The SMILES string of the molecule is CCCCCCCCCCNC1CCCCC1CCCC. The average Bonchev–Trinajstić information content (AvgIpc) is 2.52. The Labute approximate surface area is 134 Å². The summed E-state index contributed by atoms with van der Waals surface area (Å²) in [5.74, 6) is 0.979. The second-order valence-electron chi connectivity index (χ2n) is 7.22. The number of rotatable bonds is 13. The van der Waals surface area contributed by atoms with Crippen LogP contribution in [0.5, 0.6) is 0 Å². The van der Waals surface area contributed by atoms with E-state index in [4.69, 9.17) is 0 Å². The maximum atomic E-state index is 3.89. The lowest BCUT2D eigenvalue weighted by atomic mass is 9.81. The fraction of sp³-hybridized carbons (Fsp3) is 1.00. The zero-order valence-corrected chi connectivity index (χ0v) is 15.0. The first-order valence-corrected chi connectivity index (χ1v) is 10.1. The molecule has 1 aliphatic rings. The second kappa shape index (κ2) is 13.6. The molecule has 0 aromatic heterocycles. The highest BCUT2D eigenvalue weighted by molar-refractivity contribution is 4.80. The highest BCUT2D eigenvalue weighted by Crippen LogP contribution is 2.28. The minimum absolute atomic E-state index is 0.842. The Morgan fingerprint density at radius 2 is 1.33 bits per heavy atom. The van der Waals surface area contributed by atoms with Gasteiger partial charge in [0.25, 0.3) is 0 Å². The average molecular weight is 296 g/mol. The Kier molecular flexibility index (Phi) is 12.3. The lowest BCUT2D eigenvalue weighted by Gasteiger charge is -2.32. The van der Waals surface area contributed by atoms with Crippen LogP contribution in [-0.2, 0) is 0 Å². The van der Waals surface area contributed by atoms with Gasteiger partial charge >= 0.3 is 0 Å². The first kappa shape index (κ1) is 19.0. The molecule has 126 valence electrons.